The Balaban J connectivity index is 2.17. The van der Waals surface area contributed by atoms with Gasteiger partial charge in [-0.2, -0.15) is 0 Å². The number of carbonyl (C=O) groups excluding carboxylic acids is 1. The molecule has 0 saturated heterocycles. The van der Waals surface area contributed by atoms with E-state index in [-0.39, 0.29) is 11.9 Å². The molecule has 0 aliphatic carbocycles. The molecule has 0 radical (unpaired) electrons. The van der Waals surface area contributed by atoms with E-state index < -0.39 is 0 Å². The number of hydrogen-bond acceptors (Lipinski definition) is 2. The van der Waals surface area contributed by atoms with Crippen molar-refractivity contribution in [3.63, 3.8) is 0 Å². The largest absolute Gasteiger partial charge is 0.346 e. The molecule has 4 nitrogen and oxygen atoms in total. The maximum atomic E-state index is 11.7. The molecule has 0 aliphatic heterocycles. The fourth-order valence-electron chi connectivity index (χ4n) is 2.94. The average molecular weight is 315 g/mol. The topological polar surface area (TPSA) is 46.9 Å². The van der Waals surface area contributed by atoms with Crippen LogP contribution in [-0.2, 0) is 11.3 Å². The lowest BCUT2D eigenvalue weighted by Crippen LogP contribution is -2.28. The normalized spacial score (nSPS) is 12.5. The van der Waals surface area contributed by atoms with Crippen molar-refractivity contribution >= 4 is 16.9 Å². The number of nitrogens with zero attached hydrogens (tertiary/aromatic N) is 2. The minimum absolute atomic E-state index is 0.0644. The van der Waals surface area contributed by atoms with Gasteiger partial charge in [0.15, 0.2) is 0 Å². The lowest BCUT2D eigenvalue weighted by atomic mass is 10.1. The monoisotopic (exact) mass is 315 g/mol. The first-order valence-electron chi connectivity index (χ1n) is 8.91. The SMILES string of the molecule is CCCCCCCn1c(C(C)NC(=O)CC)nc2ccccc21. The van der Waals surface area contributed by atoms with Gasteiger partial charge in [-0.15, -0.1) is 0 Å². The van der Waals surface area contributed by atoms with Gasteiger partial charge in [-0.25, -0.2) is 4.98 Å². The van der Waals surface area contributed by atoms with Gasteiger partial charge >= 0.3 is 0 Å². The number of benzene rings is 1. The van der Waals surface area contributed by atoms with Crippen LogP contribution in [0.25, 0.3) is 11.0 Å². The van der Waals surface area contributed by atoms with Crippen LogP contribution in [0.15, 0.2) is 24.3 Å². The molecular formula is C19H29N3O. The number of hydrogen-bond donors (Lipinski definition) is 1. The van der Waals surface area contributed by atoms with Gasteiger partial charge in [-0.3, -0.25) is 4.79 Å². The van der Waals surface area contributed by atoms with E-state index in [1.54, 1.807) is 0 Å². The molecule has 1 unspecified atom stereocenters. The molecule has 4 heteroatoms. The summed E-state index contributed by atoms with van der Waals surface area (Å²) in [4.78, 5) is 16.5. The molecule has 0 saturated carbocycles. The highest BCUT2D eigenvalue weighted by atomic mass is 16.1. The number of rotatable bonds is 9. The molecule has 1 N–H and O–H groups in total. The van der Waals surface area contributed by atoms with Gasteiger partial charge in [-0.1, -0.05) is 51.7 Å². The molecule has 0 spiro atoms. The molecule has 2 aromatic rings. The van der Waals surface area contributed by atoms with E-state index in [0.717, 1.165) is 29.8 Å². The fourth-order valence-corrected chi connectivity index (χ4v) is 2.94. The number of aryl methyl sites for hydroxylation is 1. The Bertz CT molecular complexity index is 633. The second-order valence-corrected chi connectivity index (χ2v) is 6.17. The molecule has 1 aromatic carbocycles. The second-order valence-electron chi connectivity index (χ2n) is 6.17. The van der Waals surface area contributed by atoms with Crippen molar-refractivity contribution in [2.75, 3.05) is 0 Å². The molecule has 23 heavy (non-hydrogen) atoms. The lowest BCUT2D eigenvalue weighted by molar-refractivity contribution is -0.121. The summed E-state index contributed by atoms with van der Waals surface area (Å²) in [5, 5.41) is 3.04. The minimum atomic E-state index is -0.0644. The van der Waals surface area contributed by atoms with Gasteiger partial charge in [0.2, 0.25) is 5.91 Å². The van der Waals surface area contributed by atoms with Gasteiger partial charge in [0.05, 0.1) is 17.1 Å². The third-order valence-corrected chi connectivity index (χ3v) is 4.26. The Kier molecular flexibility index (Phi) is 6.63. The predicted molar refractivity (Wildman–Crippen MR) is 95.3 cm³/mol. The quantitative estimate of drug-likeness (QED) is 0.688. The summed E-state index contributed by atoms with van der Waals surface area (Å²) in [7, 11) is 0. The van der Waals surface area contributed by atoms with Crippen LogP contribution in [0.3, 0.4) is 0 Å². The van der Waals surface area contributed by atoms with Crippen LogP contribution >= 0.6 is 0 Å². The van der Waals surface area contributed by atoms with Crippen molar-refractivity contribution in [2.45, 2.75) is 71.9 Å². The molecule has 0 fully saturated rings. The summed E-state index contributed by atoms with van der Waals surface area (Å²) in [6, 6.07) is 8.16. The third-order valence-electron chi connectivity index (χ3n) is 4.26. The van der Waals surface area contributed by atoms with E-state index in [1.165, 1.54) is 25.7 Å². The van der Waals surface area contributed by atoms with Crippen LogP contribution in [0.2, 0.25) is 0 Å². The zero-order valence-electron chi connectivity index (χ0n) is 14.6. The highest BCUT2D eigenvalue weighted by molar-refractivity contribution is 5.77. The first-order chi connectivity index (χ1) is 11.2. The molecule has 0 aliphatic rings. The van der Waals surface area contributed by atoms with Crippen LogP contribution in [-0.4, -0.2) is 15.5 Å². The number of carbonyl (C=O) groups is 1. The summed E-state index contributed by atoms with van der Waals surface area (Å²) in [5.41, 5.74) is 2.17. The molecule has 0 bridgehead atoms. The minimum Gasteiger partial charge on any atom is -0.346 e. The number of fused-ring (bicyclic) bond motifs is 1. The molecule has 1 heterocycles. The summed E-state index contributed by atoms with van der Waals surface area (Å²) in [5.74, 6) is 1.03. The van der Waals surface area contributed by atoms with E-state index in [9.17, 15) is 4.79 Å². The molecule has 2 rings (SSSR count). The number of aromatic nitrogens is 2. The zero-order valence-corrected chi connectivity index (χ0v) is 14.6. The van der Waals surface area contributed by atoms with Crippen molar-refractivity contribution in [1.29, 1.82) is 0 Å². The van der Waals surface area contributed by atoms with Crippen molar-refractivity contribution < 1.29 is 4.79 Å². The molecule has 1 atom stereocenters. The van der Waals surface area contributed by atoms with Gasteiger partial charge in [0.1, 0.15) is 5.82 Å². The Morgan fingerprint density at radius 1 is 1.17 bits per heavy atom. The second kappa shape index (κ2) is 8.70. The van der Waals surface area contributed by atoms with Crippen LogP contribution in [0.5, 0.6) is 0 Å². The summed E-state index contributed by atoms with van der Waals surface area (Å²) >= 11 is 0. The Labute approximate surface area is 139 Å². The van der Waals surface area contributed by atoms with Crippen molar-refractivity contribution in [2.24, 2.45) is 0 Å². The predicted octanol–water partition coefficient (Wildman–Crippen LogP) is 4.59. The smallest absolute Gasteiger partial charge is 0.220 e. The highest BCUT2D eigenvalue weighted by Gasteiger charge is 2.17. The number of nitrogens with one attached hydrogen (secondary N) is 1. The fraction of sp³-hybridized carbons (Fsp3) is 0.579. The summed E-state index contributed by atoms with van der Waals surface area (Å²) in [6.45, 7) is 7.09. The van der Waals surface area contributed by atoms with Gasteiger partial charge in [-0.05, 0) is 25.5 Å². The van der Waals surface area contributed by atoms with Crippen molar-refractivity contribution in [3.8, 4) is 0 Å². The highest BCUT2D eigenvalue weighted by Crippen LogP contribution is 2.22. The Morgan fingerprint density at radius 3 is 2.65 bits per heavy atom. The Morgan fingerprint density at radius 2 is 1.91 bits per heavy atom. The number of imidazole rings is 1. The van der Waals surface area contributed by atoms with Crippen LogP contribution < -0.4 is 5.32 Å². The molecule has 1 amide bonds. The van der Waals surface area contributed by atoms with Gasteiger partial charge < -0.3 is 9.88 Å². The van der Waals surface area contributed by atoms with E-state index >= 15 is 0 Å². The molecule has 126 valence electrons. The van der Waals surface area contributed by atoms with E-state index in [4.69, 9.17) is 4.98 Å². The number of amides is 1. The summed E-state index contributed by atoms with van der Waals surface area (Å²) < 4.78 is 2.28. The van der Waals surface area contributed by atoms with Crippen molar-refractivity contribution in [1.82, 2.24) is 14.9 Å². The van der Waals surface area contributed by atoms with E-state index in [2.05, 4.69) is 28.9 Å². The number of unbranched alkanes of at least 4 members (excludes halogenated alkanes) is 4. The van der Waals surface area contributed by atoms with E-state index in [1.807, 2.05) is 26.0 Å². The number of para-hydroxylation sites is 2. The van der Waals surface area contributed by atoms with Crippen LogP contribution in [0.4, 0.5) is 0 Å². The summed E-state index contributed by atoms with van der Waals surface area (Å²) in [6.07, 6.45) is 6.76. The van der Waals surface area contributed by atoms with Gasteiger partial charge in [0.25, 0.3) is 0 Å². The third kappa shape index (κ3) is 4.57. The molecular weight excluding hydrogens is 286 g/mol. The Hall–Kier alpha value is -1.84. The maximum absolute atomic E-state index is 11.7. The standard InChI is InChI=1S/C19H29N3O/c1-4-6-7-8-11-14-22-17-13-10-9-12-16(17)21-19(22)15(3)20-18(23)5-2/h9-10,12-13,15H,4-8,11,14H2,1-3H3,(H,20,23). The lowest BCUT2D eigenvalue weighted by Gasteiger charge is -2.16. The van der Waals surface area contributed by atoms with Crippen LogP contribution in [0.1, 0.15) is 71.2 Å². The average Bonchev–Trinajstić information content (AvgIpc) is 2.93. The van der Waals surface area contributed by atoms with E-state index in [0.29, 0.717) is 6.42 Å². The zero-order chi connectivity index (χ0) is 16.7. The van der Waals surface area contributed by atoms with Crippen molar-refractivity contribution in [3.05, 3.63) is 30.1 Å². The molecule has 1 aromatic heterocycles. The maximum Gasteiger partial charge on any atom is 0.220 e. The van der Waals surface area contributed by atoms with Gasteiger partial charge in [0, 0.05) is 13.0 Å². The van der Waals surface area contributed by atoms with Crippen LogP contribution in [0, 0.1) is 0 Å². The first kappa shape index (κ1) is 17.5. The first-order valence-corrected chi connectivity index (χ1v) is 8.91.